The predicted octanol–water partition coefficient (Wildman–Crippen LogP) is 2.13. The monoisotopic (exact) mass is 173 g/mol. The highest BCUT2D eigenvalue weighted by atomic mass is 32.2. The smallest absolute Gasteiger partial charge is 0.00199 e. The van der Waals surface area contributed by atoms with Gasteiger partial charge in [-0.2, -0.15) is 11.8 Å². The molecular formula is C9H19NS. The summed E-state index contributed by atoms with van der Waals surface area (Å²) in [5, 5.41) is 3.50. The van der Waals surface area contributed by atoms with Crippen LogP contribution in [0.3, 0.4) is 0 Å². The van der Waals surface area contributed by atoms with Gasteiger partial charge in [0, 0.05) is 0 Å². The first kappa shape index (κ1) is 9.40. The van der Waals surface area contributed by atoms with Gasteiger partial charge < -0.3 is 5.32 Å². The van der Waals surface area contributed by atoms with Gasteiger partial charge in [0.1, 0.15) is 0 Å². The van der Waals surface area contributed by atoms with Gasteiger partial charge in [-0.25, -0.2) is 0 Å². The van der Waals surface area contributed by atoms with Gasteiger partial charge in [0.15, 0.2) is 0 Å². The van der Waals surface area contributed by atoms with E-state index in [0.717, 1.165) is 5.92 Å². The molecular weight excluding hydrogens is 154 g/mol. The normalized spacial score (nSPS) is 20.5. The molecule has 11 heavy (non-hydrogen) atoms. The Hall–Kier alpha value is 0.310. The molecule has 0 aliphatic carbocycles. The Morgan fingerprint density at radius 2 is 2.09 bits per heavy atom. The van der Waals surface area contributed by atoms with E-state index in [-0.39, 0.29) is 0 Å². The highest BCUT2D eigenvalue weighted by molar-refractivity contribution is 7.99. The van der Waals surface area contributed by atoms with Crippen LogP contribution in [0.15, 0.2) is 0 Å². The van der Waals surface area contributed by atoms with E-state index in [4.69, 9.17) is 0 Å². The minimum Gasteiger partial charge on any atom is -0.316 e. The molecule has 1 saturated heterocycles. The Morgan fingerprint density at radius 3 is 2.73 bits per heavy atom. The van der Waals surface area contributed by atoms with Crippen LogP contribution in [0, 0.1) is 5.92 Å². The first-order valence-electron chi connectivity index (χ1n) is 4.72. The van der Waals surface area contributed by atoms with E-state index in [0.29, 0.717) is 0 Å². The van der Waals surface area contributed by atoms with Gasteiger partial charge in [0.2, 0.25) is 0 Å². The van der Waals surface area contributed by atoms with Crippen LogP contribution in [0.4, 0.5) is 0 Å². The zero-order chi connectivity index (χ0) is 7.94. The topological polar surface area (TPSA) is 12.0 Å². The van der Waals surface area contributed by atoms with Crippen molar-refractivity contribution in [3.8, 4) is 0 Å². The number of thioether (sulfide) groups is 1. The second-order valence-corrected chi connectivity index (χ2v) is 4.48. The summed E-state index contributed by atoms with van der Waals surface area (Å²) in [5.41, 5.74) is 0. The SMILES string of the molecule is CCCNCC1CCSCC1. The third kappa shape index (κ3) is 4.02. The predicted molar refractivity (Wildman–Crippen MR) is 53.2 cm³/mol. The van der Waals surface area contributed by atoms with Crippen LogP contribution in [0.5, 0.6) is 0 Å². The van der Waals surface area contributed by atoms with Crippen LogP contribution in [0.2, 0.25) is 0 Å². The molecule has 1 N–H and O–H groups in total. The summed E-state index contributed by atoms with van der Waals surface area (Å²) in [6.07, 6.45) is 4.13. The highest BCUT2D eigenvalue weighted by Crippen LogP contribution is 2.21. The van der Waals surface area contributed by atoms with Crippen molar-refractivity contribution in [3.05, 3.63) is 0 Å². The molecule has 66 valence electrons. The largest absolute Gasteiger partial charge is 0.316 e. The van der Waals surface area contributed by atoms with Crippen molar-refractivity contribution in [1.29, 1.82) is 0 Å². The molecule has 0 atom stereocenters. The number of hydrogen-bond acceptors (Lipinski definition) is 2. The van der Waals surface area contributed by atoms with Gasteiger partial charge in [-0.1, -0.05) is 6.92 Å². The minimum atomic E-state index is 0.975. The number of rotatable bonds is 4. The maximum atomic E-state index is 3.50. The lowest BCUT2D eigenvalue weighted by molar-refractivity contribution is 0.448. The van der Waals surface area contributed by atoms with Crippen molar-refractivity contribution in [2.75, 3.05) is 24.6 Å². The molecule has 0 spiro atoms. The third-order valence-corrected chi connectivity index (χ3v) is 3.25. The lowest BCUT2D eigenvalue weighted by Crippen LogP contribution is -2.26. The van der Waals surface area contributed by atoms with Crippen molar-refractivity contribution in [2.24, 2.45) is 5.92 Å². The number of hydrogen-bond donors (Lipinski definition) is 1. The summed E-state index contributed by atoms with van der Waals surface area (Å²) >= 11 is 2.11. The first-order chi connectivity index (χ1) is 5.43. The fourth-order valence-electron chi connectivity index (χ4n) is 1.43. The average Bonchev–Trinajstić information content (AvgIpc) is 2.07. The zero-order valence-electron chi connectivity index (χ0n) is 7.44. The summed E-state index contributed by atoms with van der Waals surface area (Å²) in [6.45, 7) is 4.68. The standard InChI is InChI=1S/C9H19NS/c1-2-5-10-8-9-3-6-11-7-4-9/h9-10H,2-8H2,1H3. The van der Waals surface area contributed by atoms with Crippen molar-refractivity contribution in [2.45, 2.75) is 26.2 Å². The molecule has 0 amide bonds. The Morgan fingerprint density at radius 1 is 1.36 bits per heavy atom. The molecule has 1 aliphatic heterocycles. The van der Waals surface area contributed by atoms with Gasteiger partial charge in [0.25, 0.3) is 0 Å². The second kappa shape index (κ2) is 5.90. The van der Waals surface area contributed by atoms with Gasteiger partial charge in [0.05, 0.1) is 0 Å². The minimum absolute atomic E-state index is 0.975. The van der Waals surface area contributed by atoms with E-state index in [2.05, 4.69) is 24.0 Å². The maximum absolute atomic E-state index is 3.50. The van der Waals surface area contributed by atoms with Crippen molar-refractivity contribution >= 4 is 11.8 Å². The Kier molecular flexibility index (Phi) is 5.04. The van der Waals surface area contributed by atoms with Crippen LogP contribution >= 0.6 is 11.8 Å². The van der Waals surface area contributed by atoms with Crippen molar-refractivity contribution < 1.29 is 0 Å². The third-order valence-electron chi connectivity index (χ3n) is 2.20. The van der Waals surface area contributed by atoms with E-state index in [1.54, 1.807) is 0 Å². The fraction of sp³-hybridized carbons (Fsp3) is 1.00. The molecule has 2 heteroatoms. The van der Waals surface area contributed by atoms with Crippen LogP contribution in [0.1, 0.15) is 26.2 Å². The van der Waals surface area contributed by atoms with E-state index in [9.17, 15) is 0 Å². The maximum Gasteiger partial charge on any atom is -0.00199 e. The molecule has 0 unspecified atom stereocenters. The Balaban J connectivity index is 1.96. The molecule has 0 aromatic heterocycles. The molecule has 0 saturated carbocycles. The molecule has 0 bridgehead atoms. The average molecular weight is 173 g/mol. The molecule has 0 radical (unpaired) electrons. The van der Waals surface area contributed by atoms with Gasteiger partial charge >= 0.3 is 0 Å². The molecule has 0 aromatic carbocycles. The highest BCUT2D eigenvalue weighted by Gasteiger charge is 2.12. The molecule has 1 rings (SSSR count). The lowest BCUT2D eigenvalue weighted by atomic mass is 10.0. The van der Waals surface area contributed by atoms with Gasteiger partial charge in [-0.05, 0) is 49.8 Å². The van der Waals surface area contributed by atoms with Crippen LogP contribution < -0.4 is 5.32 Å². The van der Waals surface area contributed by atoms with Crippen LogP contribution in [-0.2, 0) is 0 Å². The van der Waals surface area contributed by atoms with E-state index < -0.39 is 0 Å². The lowest BCUT2D eigenvalue weighted by Gasteiger charge is -2.21. The Labute approximate surface area is 74.3 Å². The summed E-state index contributed by atoms with van der Waals surface area (Å²) < 4.78 is 0. The first-order valence-corrected chi connectivity index (χ1v) is 5.87. The quantitative estimate of drug-likeness (QED) is 0.654. The zero-order valence-corrected chi connectivity index (χ0v) is 8.25. The number of nitrogens with one attached hydrogen (secondary N) is 1. The summed E-state index contributed by atoms with van der Waals surface area (Å²) in [6, 6.07) is 0. The molecule has 0 aromatic rings. The molecule has 1 nitrogen and oxygen atoms in total. The van der Waals surface area contributed by atoms with Gasteiger partial charge in [-0.3, -0.25) is 0 Å². The van der Waals surface area contributed by atoms with Crippen LogP contribution in [-0.4, -0.2) is 24.6 Å². The molecule has 1 aliphatic rings. The summed E-state index contributed by atoms with van der Waals surface area (Å²) in [7, 11) is 0. The van der Waals surface area contributed by atoms with E-state index in [1.807, 2.05) is 0 Å². The summed E-state index contributed by atoms with van der Waals surface area (Å²) in [4.78, 5) is 0. The van der Waals surface area contributed by atoms with E-state index >= 15 is 0 Å². The van der Waals surface area contributed by atoms with Crippen LogP contribution in [0.25, 0.3) is 0 Å². The summed E-state index contributed by atoms with van der Waals surface area (Å²) in [5.74, 6) is 3.75. The fourth-order valence-corrected chi connectivity index (χ4v) is 2.64. The second-order valence-electron chi connectivity index (χ2n) is 3.26. The van der Waals surface area contributed by atoms with Gasteiger partial charge in [-0.15, -0.1) is 0 Å². The Bertz CT molecular complexity index is 89.6. The van der Waals surface area contributed by atoms with Crippen molar-refractivity contribution in [3.63, 3.8) is 0 Å². The van der Waals surface area contributed by atoms with E-state index in [1.165, 1.54) is 43.9 Å². The molecule has 1 heterocycles. The molecule has 1 fully saturated rings. The van der Waals surface area contributed by atoms with Crippen molar-refractivity contribution in [1.82, 2.24) is 5.32 Å².